The third-order valence-corrected chi connectivity index (χ3v) is 5.07. The second-order valence-electron chi connectivity index (χ2n) is 6.04. The van der Waals surface area contributed by atoms with Crippen LogP contribution in [0.4, 0.5) is 5.69 Å². The van der Waals surface area contributed by atoms with E-state index >= 15 is 0 Å². The summed E-state index contributed by atoms with van der Waals surface area (Å²) in [5, 5.41) is 5.85. The largest absolute Gasteiger partial charge is 0.497 e. The Hall–Kier alpha value is -3.51. The van der Waals surface area contributed by atoms with Crippen LogP contribution in [-0.4, -0.2) is 23.0 Å². The molecule has 6 heteroatoms. The van der Waals surface area contributed by atoms with E-state index in [1.165, 1.54) is 0 Å². The number of methoxy groups -OCH3 is 1. The van der Waals surface area contributed by atoms with Gasteiger partial charge >= 0.3 is 0 Å². The van der Waals surface area contributed by atoms with Crippen LogP contribution in [0.3, 0.4) is 0 Å². The summed E-state index contributed by atoms with van der Waals surface area (Å²) in [6.07, 6.45) is 3.54. The first-order chi connectivity index (χ1) is 13.7. The van der Waals surface area contributed by atoms with Crippen LogP contribution < -0.4 is 10.1 Å². The highest BCUT2D eigenvalue weighted by atomic mass is 32.1. The second kappa shape index (κ2) is 8.02. The Balaban J connectivity index is 1.53. The summed E-state index contributed by atoms with van der Waals surface area (Å²) in [6, 6.07) is 18.5. The minimum Gasteiger partial charge on any atom is -0.497 e. The van der Waals surface area contributed by atoms with E-state index in [1.807, 2.05) is 41.8 Å². The van der Waals surface area contributed by atoms with Crippen molar-refractivity contribution in [2.75, 3.05) is 12.4 Å². The average molecular weight is 387 g/mol. The quantitative estimate of drug-likeness (QED) is 0.515. The molecule has 0 fully saturated rings. The fourth-order valence-corrected chi connectivity index (χ4v) is 3.55. The first kappa shape index (κ1) is 17.9. The van der Waals surface area contributed by atoms with Crippen LogP contribution in [0, 0.1) is 0 Å². The molecule has 0 aliphatic heterocycles. The van der Waals surface area contributed by atoms with E-state index in [0.717, 1.165) is 21.8 Å². The van der Waals surface area contributed by atoms with Gasteiger partial charge in [0.25, 0.3) is 5.91 Å². The lowest BCUT2D eigenvalue weighted by Gasteiger charge is -2.07. The highest BCUT2D eigenvalue weighted by Gasteiger charge is 2.10. The Labute approximate surface area is 166 Å². The summed E-state index contributed by atoms with van der Waals surface area (Å²) in [7, 11) is 1.60. The highest BCUT2D eigenvalue weighted by Crippen LogP contribution is 2.29. The predicted octanol–water partition coefficient (Wildman–Crippen LogP) is 5.13. The fraction of sp³-hybridized carbons (Fsp3) is 0.0455. The standard InChI is InChI=1S/C22H17N3O2S/c1-27-19-9-7-15(8-10-19)21(26)24-18-6-2-4-16(12-18)20-14-28-22(25-20)17-5-3-11-23-13-17/h2-14H,1H3,(H,24,26). The molecule has 0 aliphatic rings. The van der Waals surface area contributed by atoms with Crippen molar-refractivity contribution >= 4 is 22.9 Å². The second-order valence-corrected chi connectivity index (χ2v) is 6.90. The number of anilines is 1. The van der Waals surface area contributed by atoms with Gasteiger partial charge in [-0.3, -0.25) is 9.78 Å². The molecule has 1 N–H and O–H groups in total. The molecular weight excluding hydrogens is 370 g/mol. The van der Waals surface area contributed by atoms with Crippen molar-refractivity contribution < 1.29 is 9.53 Å². The Bertz CT molecular complexity index is 1090. The van der Waals surface area contributed by atoms with Gasteiger partial charge in [0.2, 0.25) is 0 Å². The molecule has 28 heavy (non-hydrogen) atoms. The number of pyridine rings is 1. The maximum Gasteiger partial charge on any atom is 0.255 e. The predicted molar refractivity (Wildman–Crippen MR) is 112 cm³/mol. The lowest BCUT2D eigenvalue weighted by molar-refractivity contribution is 0.102. The number of benzene rings is 2. The number of carbonyl (C=O) groups excluding carboxylic acids is 1. The number of hydrogen-bond acceptors (Lipinski definition) is 5. The summed E-state index contributed by atoms with van der Waals surface area (Å²) >= 11 is 1.57. The maximum atomic E-state index is 12.5. The number of amides is 1. The normalized spacial score (nSPS) is 10.5. The van der Waals surface area contributed by atoms with Crippen LogP contribution >= 0.6 is 11.3 Å². The fourth-order valence-electron chi connectivity index (χ4n) is 2.73. The zero-order chi connectivity index (χ0) is 19.3. The maximum absolute atomic E-state index is 12.5. The molecule has 0 bridgehead atoms. The number of carbonyl (C=O) groups is 1. The molecule has 2 aromatic heterocycles. The van der Waals surface area contributed by atoms with Gasteiger partial charge in [0.05, 0.1) is 12.8 Å². The van der Waals surface area contributed by atoms with Crippen molar-refractivity contribution in [2.24, 2.45) is 0 Å². The van der Waals surface area contributed by atoms with Crippen molar-refractivity contribution in [3.63, 3.8) is 0 Å². The van der Waals surface area contributed by atoms with E-state index in [1.54, 1.807) is 55.1 Å². The van der Waals surface area contributed by atoms with E-state index in [9.17, 15) is 4.79 Å². The molecule has 2 heterocycles. The monoisotopic (exact) mass is 387 g/mol. The van der Waals surface area contributed by atoms with Gasteiger partial charge in [-0.15, -0.1) is 11.3 Å². The molecule has 0 spiro atoms. The molecule has 0 saturated heterocycles. The van der Waals surface area contributed by atoms with E-state index in [4.69, 9.17) is 9.72 Å². The molecule has 2 aromatic carbocycles. The third-order valence-electron chi connectivity index (χ3n) is 4.18. The van der Waals surface area contributed by atoms with Crippen LogP contribution in [-0.2, 0) is 0 Å². The first-order valence-electron chi connectivity index (χ1n) is 8.65. The molecular formula is C22H17N3O2S. The number of hydrogen-bond donors (Lipinski definition) is 1. The summed E-state index contributed by atoms with van der Waals surface area (Å²) in [5.74, 6) is 0.542. The smallest absolute Gasteiger partial charge is 0.255 e. The van der Waals surface area contributed by atoms with E-state index < -0.39 is 0 Å². The van der Waals surface area contributed by atoms with E-state index in [2.05, 4.69) is 10.3 Å². The van der Waals surface area contributed by atoms with Gasteiger partial charge in [-0.1, -0.05) is 12.1 Å². The van der Waals surface area contributed by atoms with Crippen molar-refractivity contribution in [2.45, 2.75) is 0 Å². The van der Waals surface area contributed by atoms with Gasteiger partial charge in [0.1, 0.15) is 10.8 Å². The molecule has 4 aromatic rings. The minimum absolute atomic E-state index is 0.172. The number of nitrogens with zero attached hydrogens (tertiary/aromatic N) is 2. The SMILES string of the molecule is COc1ccc(C(=O)Nc2cccc(-c3csc(-c4cccnc4)n3)c2)cc1. The highest BCUT2D eigenvalue weighted by molar-refractivity contribution is 7.13. The lowest BCUT2D eigenvalue weighted by Crippen LogP contribution is -2.11. The molecule has 5 nitrogen and oxygen atoms in total. The van der Waals surface area contributed by atoms with Gasteiger partial charge in [0.15, 0.2) is 0 Å². The summed E-state index contributed by atoms with van der Waals surface area (Å²) < 4.78 is 5.12. The first-order valence-corrected chi connectivity index (χ1v) is 9.53. The van der Waals surface area contributed by atoms with Crippen molar-refractivity contribution in [3.8, 4) is 27.6 Å². The van der Waals surface area contributed by atoms with Crippen molar-refractivity contribution in [1.29, 1.82) is 0 Å². The zero-order valence-corrected chi connectivity index (χ0v) is 15.9. The van der Waals surface area contributed by atoms with Gasteiger partial charge in [0, 0.05) is 40.2 Å². The van der Waals surface area contributed by atoms with E-state index in [-0.39, 0.29) is 5.91 Å². The van der Waals surface area contributed by atoms with Gasteiger partial charge in [-0.05, 0) is 48.5 Å². The van der Waals surface area contributed by atoms with Crippen LogP contribution in [0.1, 0.15) is 10.4 Å². The van der Waals surface area contributed by atoms with Crippen LogP contribution in [0.25, 0.3) is 21.8 Å². The molecule has 1 amide bonds. The Morgan fingerprint density at radius 2 is 1.86 bits per heavy atom. The molecule has 4 rings (SSSR count). The lowest BCUT2D eigenvalue weighted by atomic mass is 10.1. The molecule has 0 atom stereocenters. The Morgan fingerprint density at radius 1 is 1.04 bits per heavy atom. The summed E-state index contributed by atoms with van der Waals surface area (Å²) in [5.41, 5.74) is 4.08. The van der Waals surface area contributed by atoms with E-state index in [0.29, 0.717) is 17.0 Å². The summed E-state index contributed by atoms with van der Waals surface area (Å²) in [4.78, 5) is 21.3. The van der Waals surface area contributed by atoms with Gasteiger partial charge < -0.3 is 10.1 Å². The van der Waals surface area contributed by atoms with Crippen LogP contribution in [0.15, 0.2) is 78.4 Å². The Kier molecular flexibility index (Phi) is 5.12. The molecule has 0 radical (unpaired) electrons. The molecule has 138 valence electrons. The van der Waals surface area contributed by atoms with Gasteiger partial charge in [-0.2, -0.15) is 0 Å². The number of ether oxygens (including phenoxy) is 1. The molecule has 0 aliphatic carbocycles. The number of aromatic nitrogens is 2. The summed E-state index contributed by atoms with van der Waals surface area (Å²) in [6.45, 7) is 0. The van der Waals surface area contributed by atoms with Crippen LogP contribution in [0.5, 0.6) is 5.75 Å². The number of nitrogens with one attached hydrogen (secondary N) is 1. The number of rotatable bonds is 5. The zero-order valence-electron chi connectivity index (χ0n) is 15.1. The average Bonchev–Trinajstić information content (AvgIpc) is 3.25. The number of thiazole rings is 1. The van der Waals surface area contributed by atoms with Gasteiger partial charge in [-0.25, -0.2) is 4.98 Å². The van der Waals surface area contributed by atoms with Crippen LogP contribution in [0.2, 0.25) is 0 Å². The van der Waals surface area contributed by atoms with Crippen molar-refractivity contribution in [3.05, 3.63) is 84.0 Å². The van der Waals surface area contributed by atoms with Crippen molar-refractivity contribution in [1.82, 2.24) is 9.97 Å². The Morgan fingerprint density at radius 3 is 2.61 bits per heavy atom. The minimum atomic E-state index is -0.172. The topological polar surface area (TPSA) is 64.1 Å². The third kappa shape index (κ3) is 3.92. The molecule has 0 unspecified atom stereocenters. The molecule has 0 saturated carbocycles.